The smallest absolute Gasteiger partial charge is 0.384 e. The molecule has 63 heavy (non-hydrogen) atoms. The summed E-state index contributed by atoms with van der Waals surface area (Å²) in [7, 11) is -9.72. The summed E-state index contributed by atoms with van der Waals surface area (Å²) >= 11 is 0. The number of phenolic OH excluding ortho intramolecular Hbond substituents is 3. The van der Waals surface area contributed by atoms with E-state index >= 15 is 0 Å². The first-order valence-corrected chi connectivity index (χ1v) is 32.7. The SMILES string of the molecule is C[Si](C)(Oc1cccc(O)c1)O[Si](C)(C)c1cccc(O)c1.Cc1ccc(C(C)(C)c2ccc(O[Si](C)(C)O[Si](C)(C)Oc3ccc(C(C)(C)c4ccc(O)cc4)cc3)cc2)cc1. The van der Waals surface area contributed by atoms with E-state index in [0.29, 0.717) is 5.75 Å². The Morgan fingerprint density at radius 2 is 0.746 bits per heavy atom. The molecular formula is C51H66O8Si4. The van der Waals surface area contributed by atoms with Gasteiger partial charge in [-0.2, -0.15) is 0 Å². The first kappa shape index (κ1) is 48.9. The normalized spacial score (nSPS) is 12.5. The largest absolute Gasteiger partial charge is 0.521 e. The minimum atomic E-state index is -2.55. The van der Waals surface area contributed by atoms with Crippen LogP contribution in [0.3, 0.4) is 0 Å². The predicted molar refractivity (Wildman–Crippen MR) is 266 cm³/mol. The molecule has 0 radical (unpaired) electrons. The Labute approximate surface area is 380 Å². The first-order chi connectivity index (χ1) is 29.3. The van der Waals surface area contributed by atoms with Crippen molar-refractivity contribution in [3.63, 3.8) is 0 Å². The molecule has 0 fully saturated rings. The quantitative estimate of drug-likeness (QED) is 0.0875. The van der Waals surface area contributed by atoms with E-state index in [9.17, 15) is 15.3 Å². The van der Waals surface area contributed by atoms with Gasteiger partial charge >= 0.3 is 25.7 Å². The molecule has 0 aliphatic rings. The van der Waals surface area contributed by atoms with Crippen molar-refractivity contribution >= 4 is 39.2 Å². The van der Waals surface area contributed by atoms with Crippen LogP contribution in [-0.2, 0) is 19.1 Å². The third kappa shape index (κ3) is 13.7. The molecule has 0 bridgehead atoms. The van der Waals surface area contributed by atoms with Crippen molar-refractivity contribution in [3.8, 4) is 34.5 Å². The van der Waals surface area contributed by atoms with Crippen LogP contribution in [0.2, 0.25) is 52.4 Å². The molecule has 0 aliphatic carbocycles. The Morgan fingerprint density at radius 1 is 0.381 bits per heavy atom. The lowest BCUT2D eigenvalue weighted by molar-refractivity contribution is 0.334. The van der Waals surface area contributed by atoms with Gasteiger partial charge in [0, 0.05) is 16.9 Å². The van der Waals surface area contributed by atoms with Crippen LogP contribution < -0.4 is 18.5 Å². The molecule has 0 atom stereocenters. The van der Waals surface area contributed by atoms with Crippen molar-refractivity contribution in [2.45, 2.75) is 97.8 Å². The van der Waals surface area contributed by atoms with Gasteiger partial charge in [-0.1, -0.05) is 112 Å². The number of benzene rings is 6. The Bertz CT molecular complexity index is 2300. The van der Waals surface area contributed by atoms with Crippen molar-refractivity contribution in [1.29, 1.82) is 0 Å². The number of aromatic hydroxyl groups is 3. The van der Waals surface area contributed by atoms with Gasteiger partial charge in [0.2, 0.25) is 8.32 Å². The van der Waals surface area contributed by atoms with Gasteiger partial charge in [-0.15, -0.1) is 0 Å². The van der Waals surface area contributed by atoms with Gasteiger partial charge in [0.15, 0.2) is 0 Å². The maximum atomic E-state index is 9.66. The zero-order valence-corrected chi connectivity index (χ0v) is 43.2. The monoisotopic (exact) mass is 918 g/mol. The van der Waals surface area contributed by atoms with Crippen molar-refractivity contribution in [3.05, 3.63) is 173 Å². The van der Waals surface area contributed by atoms with Crippen LogP contribution >= 0.6 is 0 Å². The lowest BCUT2D eigenvalue weighted by atomic mass is 9.78. The molecule has 0 unspecified atom stereocenters. The summed E-state index contributed by atoms with van der Waals surface area (Å²) in [4.78, 5) is 0. The summed E-state index contributed by atoms with van der Waals surface area (Å²) in [6.07, 6.45) is 0. The predicted octanol–water partition coefficient (Wildman–Crippen LogP) is 12.5. The van der Waals surface area contributed by atoms with Gasteiger partial charge in [-0.3, -0.25) is 0 Å². The summed E-state index contributed by atoms with van der Waals surface area (Å²) in [5.74, 6) is 2.91. The molecule has 3 N–H and O–H groups in total. The van der Waals surface area contributed by atoms with Crippen LogP contribution in [0.25, 0.3) is 0 Å². The number of aryl methyl sites for hydroxylation is 1. The van der Waals surface area contributed by atoms with Gasteiger partial charge in [-0.25, -0.2) is 0 Å². The Hall–Kier alpha value is -5.09. The zero-order valence-electron chi connectivity index (χ0n) is 39.2. The van der Waals surface area contributed by atoms with Crippen LogP contribution in [0.4, 0.5) is 0 Å². The second-order valence-corrected chi connectivity index (χ2v) is 33.2. The van der Waals surface area contributed by atoms with Crippen LogP contribution in [-0.4, -0.2) is 49.3 Å². The van der Waals surface area contributed by atoms with Crippen LogP contribution in [0.1, 0.15) is 55.5 Å². The molecule has 12 heteroatoms. The van der Waals surface area contributed by atoms with Crippen LogP contribution in [0.15, 0.2) is 146 Å². The summed E-state index contributed by atoms with van der Waals surface area (Å²) < 4.78 is 31.8. The van der Waals surface area contributed by atoms with E-state index < -0.39 is 34.0 Å². The second-order valence-electron chi connectivity index (χ2n) is 19.0. The van der Waals surface area contributed by atoms with E-state index in [1.807, 2.05) is 61.6 Å². The molecule has 0 heterocycles. The molecule has 0 amide bonds. The van der Waals surface area contributed by atoms with Crippen molar-refractivity contribution in [2.75, 3.05) is 0 Å². The van der Waals surface area contributed by atoms with E-state index in [1.54, 1.807) is 48.5 Å². The standard InChI is InChI=1S/C35H44O4Si2.C16H22O4Si2/c1-26-10-12-27(13-11-26)34(2,3)29-16-22-32(23-17-29)37-40(6,7)39-41(8,9)38-33-24-18-30(19-25-33)35(4,5)28-14-20-31(36)21-15-28;1-21(2,16-10-6-8-14(18)12-16)20-22(3,4)19-15-9-5-7-13(17)11-15/h10-25,36H,1-9H3;5-12,17-18H,1-4H3. The van der Waals surface area contributed by atoms with E-state index in [-0.39, 0.29) is 28.1 Å². The molecule has 6 aromatic rings. The third-order valence-electron chi connectivity index (χ3n) is 11.0. The lowest BCUT2D eigenvalue weighted by Crippen LogP contribution is -2.55. The summed E-state index contributed by atoms with van der Waals surface area (Å²) in [5, 5.41) is 29.9. The molecule has 8 nitrogen and oxygen atoms in total. The fourth-order valence-electron chi connectivity index (χ4n) is 7.67. The molecule has 0 aliphatic heterocycles. The van der Waals surface area contributed by atoms with Gasteiger partial charge < -0.3 is 36.8 Å². The van der Waals surface area contributed by atoms with Crippen molar-refractivity contribution in [2.24, 2.45) is 0 Å². The minimum Gasteiger partial charge on any atom is -0.521 e. The van der Waals surface area contributed by atoms with Gasteiger partial charge in [0.1, 0.15) is 34.5 Å². The minimum absolute atomic E-state index is 0.104. The fraction of sp³-hybridized carbons (Fsp3) is 0.294. The highest BCUT2D eigenvalue weighted by Crippen LogP contribution is 2.35. The summed E-state index contributed by atoms with van der Waals surface area (Å²) in [6, 6.07) is 46.7. The molecular weight excluding hydrogens is 853 g/mol. The second kappa shape index (κ2) is 19.3. The summed E-state index contributed by atoms with van der Waals surface area (Å²) in [5.41, 5.74) is 5.79. The van der Waals surface area contributed by atoms with E-state index in [1.165, 1.54) is 22.3 Å². The Kier molecular flexibility index (Phi) is 15.0. The van der Waals surface area contributed by atoms with Crippen molar-refractivity contribution in [1.82, 2.24) is 0 Å². The molecule has 6 rings (SSSR count). The molecule has 0 aromatic heterocycles. The fourth-order valence-corrected chi connectivity index (χ4v) is 21.4. The number of rotatable bonds is 15. The van der Waals surface area contributed by atoms with Crippen molar-refractivity contribution < 1.29 is 36.8 Å². The Morgan fingerprint density at radius 3 is 1.17 bits per heavy atom. The van der Waals surface area contributed by atoms with E-state index in [0.717, 1.165) is 22.2 Å². The number of hydrogen-bond donors (Lipinski definition) is 3. The highest BCUT2D eigenvalue weighted by molar-refractivity contribution is 6.91. The third-order valence-corrected chi connectivity index (χ3v) is 22.8. The molecule has 0 saturated heterocycles. The summed E-state index contributed by atoms with van der Waals surface area (Å²) in [6.45, 7) is 27.4. The van der Waals surface area contributed by atoms with Crippen LogP contribution in [0.5, 0.6) is 34.5 Å². The maximum absolute atomic E-state index is 9.66. The average Bonchev–Trinajstić information content (AvgIpc) is 3.17. The molecule has 6 aromatic carbocycles. The van der Waals surface area contributed by atoms with Crippen LogP contribution in [0, 0.1) is 6.92 Å². The van der Waals surface area contributed by atoms with E-state index in [2.05, 4.69) is 122 Å². The molecule has 0 saturated carbocycles. The van der Waals surface area contributed by atoms with Gasteiger partial charge in [0.25, 0.3) is 0 Å². The highest BCUT2D eigenvalue weighted by Gasteiger charge is 2.40. The molecule has 334 valence electrons. The topological polar surface area (TPSA) is 107 Å². The number of hydrogen-bond acceptors (Lipinski definition) is 8. The number of phenols is 3. The Balaban J connectivity index is 0.000000286. The highest BCUT2D eigenvalue weighted by atomic mass is 28.5. The first-order valence-electron chi connectivity index (χ1n) is 21.4. The van der Waals surface area contributed by atoms with E-state index in [4.69, 9.17) is 21.5 Å². The average molecular weight is 919 g/mol. The zero-order chi connectivity index (χ0) is 46.4. The lowest BCUT2D eigenvalue weighted by Gasteiger charge is -2.33. The van der Waals surface area contributed by atoms with Gasteiger partial charge in [-0.05, 0) is 147 Å². The maximum Gasteiger partial charge on any atom is 0.384 e. The van der Waals surface area contributed by atoms with Gasteiger partial charge in [0.05, 0.1) is 0 Å². The molecule has 0 spiro atoms.